The van der Waals surface area contributed by atoms with Crippen LogP contribution in [0, 0.1) is 0 Å². The third kappa shape index (κ3) is 5.29. The number of alkyl halides is 3. The molecular formula is C22H19ClF3N6O4S+. The Balaban J connectivity index is 1.91. The van der Waals surface area contributed by atoms with Crippen LogP contribution in [0.2, 0.25) is 4.34 Å². The number of thiazole rings is 1. The summed E-state index contributed by atoms with van der Waals surface area (Å²) >= 11 is 6.46. The minimum atomic E-state index is -4.76. The Morgan fingerprint density at radius 1 is 1.08 bits per heavy atom. The molecular weight excluding hydrogens is 537 g/mol. The lowest BCUT2D eigenvalue weighted by molar-refractivity contribution is -0.734. The van der Waals surface area contributed by atoms with E-state index < -0.39 is 16.2 Å². The first kappa shape index (κ1) is 26.2. The SMILES string of the molecule is COc1cc(-n2nc(-c3ccc(NC(C)=O)cc3)n[n+]2-c2nc(C(F)(F)F)c(Cl)s2)cc(OC)c1OC. The molecule has 194 valence electrons. The molecule has 37 heavy (non-hydrogen) atoms. The van der Waals surface area contributed by atoms with Gasteiger partial charge in [-0.1, -0.05) is 16.6 Å². The molecule has 0 saturated heterocycles. The Morgan fingerprint density at radius 3 is 2.19 bits per heavy atom. The molecule has 2 aromatic heterocycles. The maximum Gasteiger partial charge on any atom is 0.451 e. The number of rotatable bonds is 7. The Morgan fingerprint density at radius 2 is 1.70 bits per heavy atom. The molecule has 0 fully saturated rings. The topological polar surface area (TPSA) is 104 Å². The lowest BCUT2D eigenvalue weighted by Gasteiger charge is -2.13. The van der Waals surface area contributed by atoms with E-state index in [9.17, 15) is 18.0 Å². The number of halogens is 4. The van der Waals surface area contributed by atoms with E-state index in [-0.39, 0.29) is 28.4 Å². The number of methoxy groups -OCH3 is 3. The Labute approximate surface area is 217 Å². The molecule has 0 atom stereocenters. The third-order valence-electron chi connectivity index (χ3n) is 4.92. The van der Waals surface area contributed by atoms with Crippen molar-refractivity contribution in [2.45, 2.75) is 13.1 Å². The summed E-state index contributed by atoms with van der Waals surface area (Å²) in [6.07, 6.45) is -4.76. The number of hydrogen-bond acceptors (Lipinski definition) is 8. The summed E-state index contributed by atoms with van der Waals surface area (Å²) in [5.41, 5.74) is 0.160. The van der Waals surface area contributed by atoms with Crippen LogP contribution in [0.25, 0.3) is 22.2 Å². The van der Waals surface area contributed by atoms with E-state index in [0.717, 1.165) is 4.80 Å². The van der Waals surface area contributed by atoms with Crippen LogP contribution in [0.15, 0.2) is 36.4 Å². The molecule has 10 nitrogen and oxygen atoms in total. The molecule has 0 unspecified atom stereocenters. The Hall–Kier alpha value is -3.91. The lowest BCUT2D eigenvalue weighted by Crippen LogP contribution is -2.43. The molecule has 0 spiro atoms. The number of tetrazole rings is 1. The molecule has 1 amide bonds. The number of anilines is 1. The number of carbonyl (C=O) groups is 1. The summed E-state index contributed by atoms with van der Waals surface area (Å²) in [5.74, 6) is 0.798. The molecule has 4 aromatic rings. The first-order valence-corrected chi connectivity index (χ1v) is 11.6. The summed E-state index contributed by atoms with van der Waals surface area (Å²) in [6, 6.07) is 9.69. The van der Waals surface area contributed by atoms with Crippen molar-refractivity contribution in [3.05, 3.63) is 46.4 Å². The van der Waals surface area contributed by atoms with Gasteiger partial charge in [-0.3, -0.25) is 4.79 Å². The fourth-order valence-corrected chi connectivity index (χ4v) is 4.44. The molecule has 0 aliphatic rings. The van der Waals surface area contributed by atoms with Crippen LogP contribution in [0.4, 0.5) is 18.9 Å². The van der Waals surface area contributed by atoms with Crippen molar-refractivity contribution < 1.29 is 37.0 Å². The van der Waals surface area contributed by atoms with Gasteiger partial charge < -0.3 is 19.5 Å². The molecule has 0 bridgehead atoms. The standard InChI is InChI=1S/C22H18ClF3N6O4S/c1-11(33)27-13-7-5-12(6-8-13)20-29-31(14-9-15(34-2)17(36-4)16(10-14)35-3)32(30-20)21-28-18(19(23)37-21)22(24,25)26/h5-10H,1-4H3/p+1. The van der Waals surface area contributed by atoms with Gasteiger partial charge in [0, 0.05) is 35.4 Å². The number of aromatic nitrogens is 5. The minimum absolute atomic E-state index is 0.156. The highest BCUT2D eigenvalue weighted by atomic mass is 35.5. The van der Waals surface area contributed by atoms with Crippen molar-refractivity contribution in [3.8, 4) is 39.5 Å². The second kappa shape index (κ2) is 10.2. The molecule has 0 aliphatic carbocycles. The van der Waals surface area contributed by atoms with Gasteiger partial charge in [0.1, 0.15) is 10.0 Å². The normalized spacial score (nSPS) is 11.4. The van der Waals surface area contributed by atoms with Crippen LogP contribution >= 0.6 is 22.9 Å². The van der Waals surface area contributed by atoms with Gasteiger partial charge in [-0.05, 0) is 50.3 Å². The predicted molar refractivity (Wildman–Crippen MR) is 128 cm³/mol. The fraction of sp³-hybridized carbons (Fsp3) is 0.227. The zero-order valence-electron chi connectivity index (χ0n) is 19.8. The van der Waals surface area contributed by atoms with Gasteiger partial charge in [0.15, 0.2) is 11.5 Å². The number of amides is 1. The maximum atomic E-state index is 13.4. The third-order valence-corrected chi connectivity index (χ3v) is 6.14. The van der Waals surface area contributed by atoms with Gasteiger partial charge in [-0.25, -0.2) is 0 Å². The summed E-state index contributed by atoms with van der Waals surface area (Å²) in [6.45, 7) is 1.38. The summed E-state index contributed by atoms with van der Waals surface area (Å²) in [4.78, 5) is 17.3. The van der Waals surface area contributed by atoms with Crippen molar-refractivity contribution in [1.82, 2.24) is 20.0 Å². The van der Waals surface area contributed by atoms with Gasteiger partial charge >= 0.3 is 11.3 Å². The van der Waals surface area contributed by atoms with Crippen molar-refractivity contribution in [3.63, 3.8) is 0 Å². The van der Waals surface area contributed by atoms with E-state index in [4.69, 9.17) is 25.8 Å². The highest BCUT2D eigenvalue weighted by molar-refractivity contribution is 7.17. The lowest BCUT2D eigenvalue weighted by atomic mass is 10.2. The molecule has 2 heterocycles. The van der Waals surface area contributed by atoms with Crippen LogP contribution in [0.3, 0.4) is 0 Å². The minimum Gasteiger partial charge on any atom is -0.493 e. The van der Waals surface area contributed by atoms with E-state index in [2.05, 4.69) is 20.5 Å². The number of carbonyl (C=O) groups excluding carboxylic acids is 1. The van der Waals surface area contributed by atoms with Crippen molar-refractivity contribution >= 4 is 34.5 Å². The van der Waals surface area contributed by atoms with Crippen LogP contribution < -0.4 is 24.3 Å². The monoisotopic (exact) mass is 555 g/mol. The highest BCUT2D eigenvalue weighted by Crippen LogP contribution is 2.40. The van der Waals surface area contributed by atoms with Crippen LogP contribution in [0.5, 0.6) is 17.2 Å². The first-order valence-electron chi connectivity index (χ1n) is 10.4. The highest BCUT2D eigenvalue weighted by Gasteiger charge is 2.42. The number of benzene rings is 2. The molecule has 0 radical (unpaired) electrons. The fourth-order valence-electron chi connectivity index (χ4n) is 3.33. The van der Waals surface area contributed by atoms with Crippen LogP contribution in [-0.2, 0) is 11.0 Å². The van der Waals surface area contributed by atoms with Crippen molar-refractivity contribution in [2.75, 3.05) is 26.6 Å². The average molecular weight is 556 g/mol. The Kier molecular flexibility index (Phi) is 7.23. The van der Waals surface area contributed by atoms with E-state index >= 15 is 0 Å². The second-order valence-electron chi connectivity index (χ2n) is 7.36. The maximum absolute atomic E-state index is 13.4. The molecule has 0 aliphatic heterocycles. The van der Waals surface area contributed by atoms with Gasteiger partial charge in [-0.15, -0.1) is 0 Å². The van der Waals surface area contributed by atoms with E-state index in [1.165, 1.54) is 33.0 Å². The van der Waals surface area contributed by atoms with Gasteiger partial charge in [0.2, 0.25) is 17.4 Å². The molecule has 2 aromatic carbocycles. The van der Waals surface area contributed by atoms with E-state index in [1.807, 2.05) is 0 Å². The van der Waals surface area contributed by atoms with Gasteiger partial charge in [-0.2, -0.15) is 13.2 Å². The van der Waals surface area contributed by atoms with E-state index in [1.54, 1.807) is 36.4 Å². The van der Waals surface area contributed by atoms with E-state index in [0.29, 0.717) is 34.0 Å². The smallest absolute Gasteiger partial charge is 0.451 e. The summed E-state index contributed by atoms with van der Waals surface area (Å²) in [5, 5.41) is 11.4. The number of hydrogen-bond donors (Lipinski definition) is 1. The quantitative estimate of drug-likeness (QED) is 0.339. The number of nitrogens with one attached hydrogen (secondary N) is 1. The summed E-state index contributed by atoms with van der Waals surface area (Å²) < 4.78 is 55.8. The Bertz CT molecular complexity index is 1430. The first-order chi connectivity index (χ1) is 17.5. The number of ether oxygens (including phenoxy) is 3. The molecule has 1 N–H and O–H groups in total. The zero-order chi connectivity index (χ0) is 26.9. The van der Waals surface area contributed by atoms with Crippen molar-refractivity contribution in [2.24, 2.45) is 0 Å². The number of nitrogens with zero attached hydrogens (tertiary/aromatic N) is 5. The van der Waals surface area contributed by atoms with Crippen molar-refractivity contribution in [1.29, 1.82) is 0 Å². The summed E-state index contributed by atoms with van der Waals surface area (Å²) in [7, 11) is 4.29. The molecule has 15 heteroatoms. The largest absolute Gasteiger partial charge is 0.493 e. The molecule has 0 saturated carbocycles. The van der Waals surface area contributed by atoms with Crippen LogP contribution in [-0.4, -0.2) is 47.2 Å². The predicted octanol–water partition coefficient (Wildman–Crippen LogP) is 4.32. The average Bonchev–Trinajstić information content (AvgIpc) is 3.47. The van der Waals surface area contributed by atoms with Gasteiger partial charge in [0.05, 0.1) is 21.3 Å². The zero-order valence-corrected chi connectivity index (χ0v) is 21.3. The van der Waals surface area contributed by atoms with Crippen LogP contribution in [0.1, 0.15) is 12.6 Å². The molecule has 4 rings (SSSR count). The van der Waals surface area contributed by atoms with Gasteiger partial charge in [0.25, 0.3) is 5.82 Å². The second-order valence-corrected chi connectivity index (χ2v) is 8.94.